The predicted molar refractivity (Wildman–Crippen MR) is 69.1 cm³/mol. The first-order valence-corrected chi connectivity index (χ1v) is 7.13. The highest BCUT2D eigenvalue weighted by Crippen LogP contribution is 2.27. The first-order valence-electron chi connectivity index (χ1n) is 5.97. The highest BCUT2D eigenvalue weighted by Gasteiger charge is 2.29. The molecule has 0 aromatic rings. The smallest absolute Gasteiger partial charge is 0.304 e. The molecule has 1 aliphatic heterocycles. The third-order valence-corrected chi connectivity index (χ3v) is 4.11. The van der Waals surface area contributed by atoms with E-state index in [1.54, 1.807) is 0 Å². The second-order valence-electron chi connectivity index (χ2n) is 5.35. The van der Waals surface area contributed by atoms with E-state index in [1.807, 2.05) is 11.8 Å². The van der Waals surface area contributed by atoms with E-state index < -0.39 is 5.97 Å². The highest BCUT2D eigenvalue weighted by atomic mass is 32.2. The van der Waals surface area contributed by atoms with Crippen molar-refractivity contribution in [2.75, 3.05) is 18.1 Å². The molecule has 1 N–H and O–H groups in total. The molecule has 0 aromatic carbocycles. The molecule has 0 saturated carbocycles. The second-order valence-corrected chi connectivity index (χ2v) is 6.58. The van der Waals surface area contributed by atoms with Crippen molar-refractivity contribution in [2.45, 2.75) is 51.6 Å². The lowest BCUT2D eigenvalue weighted by molar-refractivity contribution is -0.137. The van der Waals surface area contributed by atoms with Crippen LogP contribution >= 0.6 is 11.8 Å². The van der Waals surface area contributed by atoms with E-state index in [0.29, 0.717) is 12.6 Å². The first kappa shape index (κ1) is 13.8. The Morgan fingerprint density at radius 2 is 1.94 bits per heavy atom. The fourth-order valence-corrected chi connectivity index (χ4v) is 3.36. The molecule has 1 fully saturated rings. The zero-order valence-electron chi connectivity index (χ0n) is 10.5. The van der Waals surface area contributed by atoms with E-state index in [4.69, 9.17) is 5.11 Å². The van der Waals surface area contributed by atoms with Crippen molar-refractivity contribution >= 4 is 17.7 Å². The van der Waals surface area contributed by atoms with Gasteiger partial charge >= 0.3 is 5.97 Å². The summed E-state index contributed by atoms with van der Waals surface area (Å²) in [7, 11) is 0. The van der Waals surface area contributed by atoms with E-state index in [0.717, 1.165) is 0 Å². The molecule has 0 spiro atoms. The first-order chi connectivity index (χ1) is 7.41. The molecule has 1 aliphatic rings. The number of carboxylic acid groups (broad SMARTS) is 1. The molecule has 0 radical (unpaired) electrons. The number of aliphatic carboxylic acids is 1. The zero-order chi connectivity index (χ0) is 12.2. The average molecular weight is 245 g/mol. The summed E-state index contributed by atoms with van der Waals surface area (Å²) in [5.74, 6) is 1.73. The molecular formula is C12H23NO2S. The Bertz CT molecular complexity index is 232. The van der Waals surface area contributed by atoms with E-state index in [2.05, 4.69) is 25.7 Å². The van der Waals surface area contributed by atoms with Gasteiger partial charge < -0.3 is 5.11 Å². The Morgan fingerprint density at radius 3 is 2.38 bits per heavy atom. The summed E-state index contributed by atoms with van der Waals surface area (Å²) >= 11 is 2.01. The van der Waals surface area contributed by atoms with Crippen molar-refractivity contribution in [3.8, 4) is 0 Å². The van der Waals surface area contributed by atoms with E-state index >= 15 is 0 Å². The maximum absolute atomic E-state index is 10.7. The molecule has 0 bridgehead atoms. The molecular weight excluding hydrogens is 222 g/mol. The Hall–Kier alpha value is -0.220. The molecule has 0 amide bonds. The van der Waals surface area contributed by atoms with Crippen LogP contribution in [0.25, 0.3) is 0 Å². The Kier molecular flexibility index (Phi) is 5.12. The van der Waals surface area contributed by atoms with Gasteiger partial charge in [-0.3, -0.25) is 9.69 Å². The molecule has 1 heterocycles. The van der Waals surface area contributed by atoms with Gasteiger partial charge in [0.15, 0.2) is 0 Å². The van der Waals surface area contributed by atoms with Crippen molar-refractivity contribution in [3.63, 3.8) is 0 Å². The quantitative estimate of drug-likeness (QED) is 0.826. The molecule has 0 unspecified atom stereocenters. The van der Waals surface area contributed by atoms with Crippen LogP contribution in [0.15, 0.2) is 0 Å². The van der Waals surface area contributed by atoms with Crippen molar-refractivity contribution < 1.29 is 9.90 Å². The van der Waals surface area contributed by atoms with Crippen LogP contribution in [0, 0.1) is 0 Å². The summed E-state index contributed by atoms with van der Waals surface area (Å²) in [6, 6.07) is 0.570. The number of thioether (sulfide) groups is 1. The maximum atomic E-state index is 10.7. The molecule has 0 atom stereocenters. The summed E-state index contributed by atoms with van der Waals surface area (Å²) in [6.07, 6.45) is 2.64. The number of carbonyl (C=O) groups is 1. The van der Waals surface area contributed by atoms with Crippen LogP contribution in [0.5, 0.6) is 0 Å². The topological polar surface area (TPSA) is 40.5 Å². The minimum absolute atomic E-state index is 0.0716. The van der Waals surface area contributed by atoms with Crippen molar-refractivity contribution in [1.82, 2.24) is 4.90 Å². The molecule has 16 heavy (non-hydrogen) atoms. The monoisotopic (exact) mass is 245 g/mol. The molecule has 1 rings (SSSR count). The molecule has 3 nitrogen and oxygen atoms in total. The zero-order valence-corrected chi connectivity index (χ0v) is 11.3. The van der Waals surface area contributed by atoms with Gasteiger partial charge in [0.2, 0.25) is 0 Å². The SMILES string of the molecule is CC(C)(C)N(CCC(=O)O)C1CCSCC1. The predicted octanol–water partition coefficient (Wildman–Crippen LogP) is 2.46. The van der Waals surface area contributed by atoms with Crippen LogP contribution in [0.4, 0.5) is 0 Å². The normalized spacial score (nSPS) is 19.0. The Labute approximate surface area is 103 Å². The molecule has 94 valence electrons. The second kappa shape index (κ2) is 5.92. The van der Waals surface area contributed by atoms with Gasteiger partial charge in [0.25, 0.3) is 0 Å². The molecule has 0 aliphatic carbocycles. The van der Waals surface area contributed by atoms with Gasteiger partial charge in [-0.25, -0.2) is 0 Å². The van der Waals surface area contributed by atoms with Crippen LogP contribution < -0.4 is 0 Å². The number of nitrogens with zero attached hydrogens (tertiary/aromatic N) is 1. The van der Waals surface area contributed by atoms with E-state index in [1.165, 1.54) is 24.3 Å². The lowest BCUT2D eigenvalue weighted by atomic mass is 9.99. The fraction of sp³-hybridized carbons (Fsp3) is 0.917. The number of hydrogen-bond acceptors (Lipinski definition) is 3. The van der Waals surface area contributed by atoms with Gasteiger partial charge in [0, 0.05) is 18.1 Å². The lowest BCUT2D eigenvalue weighted by Gasteiger charge is -2.43. The van der Waals surface area contributed by atoms with Crippen molar-refractivity contribution in [1.29, 1.82) is 0 Å². The molecule has 4 heteroatoms. The molecule has 0 aromatic heterocycles. The van der Waals surface area contributed by atoms with Gasteiger partial charge in [0.1, 0.15) is 0 Å². The average Bonchev–Trinajstić information content (AvgIpc) is 2.17. The third kappa shape index (κ3) is 4.34. The summed E-state index contributed by atoms with van der Waals surface area (Å²) in [5.41, 5.74) is 0.0716. The van der Waals surface area contributed by atoms with Gasteiger partial charge in [-0.15, -0.1) is 0 Å². The number of hydrogen-bond donors (Lipinski definition) is 1. The van der Waals surface area contributed by atoms with Gasteiger partial charge in [-0.2, -0.15) is 11.8 Å². The summed E-state index contributed by atoms with van der Waals surface area (Å²) in [6.45, 7) is 7.21. The lowest BCUT2D eigenvalue weighted by Crippen LogP contribution is -2.50. The van der Waals surface area contributed by atoms with Crippen LogP contribution in [-0.4, -0.2) is 45.6 Å². The van der Waals surface area contributed by atoms with Gasteiger partial charge in [0.05, 0.1) is 6.42 Å². The van der Waals surface area contributed by atoms with Crippen LogP contribution in [0.2, 0.25) is 0 Å². The fourth-order valence-electron chi connectivity index (χ4n) is 2.28. The third-order valence-electron chi connectivity index (χ3n) is 3.06. The summed E-state index contributed by atoms with van der Waals surface area (Å²) in [4.78, 5) is 13.1. The van der Waals surface area contributed by atoms with Crippen molar-refractivity contribution in [3.05, 3.63) is 0 Å². The number of rotatable bonds is 4. The summed E-state index contributed by atoms with van der Waals surface area (Å²) < 4.78 is 0. The number of carboxylic acids is 1. The van der Waals surface area contributed by atoms with E-state index in [-0.39, 0.29) is 12.0 Å². The highest BCUT2D eigenvalue weighted by molar-refractivity contribution is 7.99. The van der Waals surface area contributed by atoms with Crippen LogP contribution in [0.3, 0.4) is 0 Å². The largest absolute Gasteiger partial charge is 0.481 e. The minimum atomic E-state index is -0.695. The Morgan fingerprint density at radius 1 is 1.38 bits per heavy atom. The van der Waals surface area contributed by atoms with Crippen LogP contribution in [-0.2, 0) is 4.79 Å². The van der Waals surface area contributed by atoms with Crippen LogP contribution in [0.1, 0.15) is 40.0 Å². The standard InChI is InChI=1S/C12H23NO2S/c1-12(2,3)13(7-4-11(14)15)10-5-8-16-9-6-10/h10H,4-9H2,1-3H3,(H,14,15). The van der Waals surface area contributed by atoms with Crippen molar-refractivity contribution in [2.24, 2.45) is 0 Å². The maximum Gasteiger partial charge on any atom is 0.304 e. The van der Waals surface area contributed by atoms with E-state index in [9.17, 15) is 4.79 Å². The van der Waals surface area contributed by atoms with Gasteiger partial charge in [-0.1, -0.05) is 0 Å². The Balaban J connectivity index is 2.58. The van der Waals surface area contributed by atoms with Gasteiger partial charge in [-0.05, 0) is 45.1 Å². The minimum Gasteiger partial charge on any atom is -0.481 e. The molecule has 1 saturated heterocycles. The summed E-state index contributed by atoms with van der Waals surface area (Å²) in [5, 5.41) is 8.80.